The van der Waals surface area contributed by atoms with Crippen molar-refractivity contribution in [3.05, 3.63) is 24.0 Å². The lowest BCUT2D eigenvalue weighted by molar-refractivity contribution is 0.0752. The van der Waals surface area contributed by atoms with Crippen LogP contribution < -0.4 is 5.32 Å². The Bertz CT molecular complexity index is 374. The van der Waals surface area contributed by atoms with Crippen LogP contribution in [0.25, 0.3) is 0 Å². The Morgan fingerprint density at radius 3 is 2.86 bits per heavy atom. The minimum Gasteiger partial charge on any atom is -0.344 e. The lowest BCUT2D eigenvalue weighted by Gasteiger charge is -2.31. The third-order valence-corrected chi connectivity index (χ3v) is 3.58. The fourth-order valence-electron chi connectivity index (χ4n) is 2.72. The molecule has 0 atom stereocenters. The Labute approximate surface area is 83.1 Å². The Balaban J connectivity index is 1.99. The second kappa shape index (κ2) is 2.70. The Morgan fingerprint density at radius 1 is 1.36 bits per heavy atom. The van der Waals surface area contributed by atoms with Gasteiger partial charge in [0.2, 0.25) is 0 Å². The maximum Gasteiger partial charge on any atom is 0.187 e. The maximum absolute atomic E-state index is 12.2. The fraction of sp³-hybridized carbons (Fsp3) is 0.545. The molecular formula is C11H14N2O. The lowest BCUT2D eigenvalue weighted by Crippen LogP contribution is -2.40. The average molecular weight is 190 g/mol. The molecule has 0 unspecified atom stereocenters. The summed E-state index contributed by atoms with van der Waals surface area (Å²) in [7, 11) is 0. The number of piperidine rings is 1. The zero-order valence-electron chi connectivity index (χ0n) is 8.12. The largest absolute Gasteiger partial charge is 0.344 e. The molecule has 2 aliphatic rings. The molecule has 3 heteroatoms. The molecule has 3 heterocycles. The number of nitrogens with one attached hydrogen (secondary N) is 1. The highest BCUT2D eigenvalue weighted by atomic mass is 16.1. The van der Waals surface area contributed by atoms with Gasteiger partial charge >= 0.3 is 0 Å². The number of aromatic nitrogens is 1. The molecule has 2 aliphatic heterocycles. The van der Waals surface area contributed by atoms with Gasteiger partial charge in [-0.2, -0.15) is 0 Å². The van der Waals surface area contributed by atoms with E-state index in [1.807, 2.05) is 18.3 Å². The topological polar surface area (TPSA) is 34.0 Å². The second-order valence-electron chi connectivity index (χ2n) is 4.38. The molecule has 14 heavy (non-hydrogen) atoms. The monoisotopic (exact) mass is 190 g/mol. The van der Waals surface area contributed by atoms with Gasteiger partial charge in [0.15, 0.2) is 5.78 Å². The highest BCUT2D eigenvalue weighted by Crippen LogP contribution is 2.39. The fourth-order valence-corrected chi connectivity index (χ4v) is 2.72. The van der Waals surface area contributed by atoms with Crippen LogP contribution in [0.3, 0.4) is 0 Å². The molecule has 1 aromatic heterocycles. The summed E-state index contributed by atoms with van der Waals surface area (Å²) in [5, 5.41) is 3.31. The lowest BCUT2D eigenvalue weighted by atomic mass is 9.76. The van der Waals surface area contributed by atoms with Gasteiger partial charge in [-0.05, 0) is 38.1 Å². The number of hydrogen-bond acceptors (Lipinski definition) is 2. The van der Waals surface area contributed by atoms with Gasteiger partial charge in [0, 0.05) is 12.7 Å². The maximum atomic E-state index is 12.2. The summed E-state index contributed by atoms with van der Waals surface area (Å²) in [6, 6.07) is 3.90. The molecule has 0 saturated carbocycles. The van der Waals surface area contributed by atoms with Crippen molar-refractivity contribution in [1.29, 1.82) is 0 Å². The molecule has 1 N–H and O–H groups in total. The van der Waals surface area contributed by atoms with Crippen LogP contribution in [-0.2, 0) is 6.54 Å². The third kappa shape index (κ3) is 0.932. The van der Waals surface area contributed by atoms with Crippen molar-refractivity contribution in [2.45, 2.75) is 19.4 Å². The van der Waals surface area contributed by atoms with E-state index in [4.69, 9.17) is 0 Å². The summed E-state index contributed by atoms with van der Waals surface area (Å²) in [6.45, 7) is 2.86. The van der Waals surface area contributed by atoms with Crippen molar-refractivity contribution in [3.8, 4) is 0 Å². The number of nitrogens with zero attached hydrogens (tertiary/aromatic N) is 1. The first-order valence-corrected chi connectivity index (χ1v) is 5.23. The van der Waals surface area contributed by atoms with E-state index in [0.29, 0.717) is 5.78 Å². The standard InChI is InChI=1S/C11H14N2O/c14-10-9-2-1-7-13(9)8-11(10)3-5-12-6-4-11/h1-2,7,12H,3-6,8H2. The SMILES string of the molecule is O=C1c2cccn2CC12CCNCC2. The van der Waals surface area contributed by atoms with Gasteiger partial charge in [-0.3, -0.25) is 4.79 Å². The van der Waals surface area contributed by atoms with E-state index in [1.165, 1.54) is 0 Å². The predicted octanol–water partition coefficient (Wildman–Crippen LogP) is 1.05. The molecule has 1 aromatic rings. The first-order valence-electron chi connectivity index (χ1n) is 5.23. The summed E-state index contributed by atoms with van der Waals surface area (Å²) in [4.78, 5) is 12.2. The molecule has 0 amide bonds. The van der Waals surface area contributed by atoms with Crippen molar-refractivity contribution in [2.24, 2.45) is 5.41 Å². The predicted molar refractivity (Wildman–Crippen MR) is 53.3 cm³/mol. The van der Waals surface area contributed by atoms with Crippen LogP contribution in [0.1, 0.15) is 23.3 Å². The van der Waals surface area contributed by atoms with Crippen LogP contribution in [0.4, 0.5) is 0 Å². The summed E-state index contributed by atoms with van der Waals surface area (Å²) in [5.74, 6) is 0.365. The van der Waals surface area contributed by atoms with Crippen molar-refractivity contribution in [3.63, 3.8) is 0 Å². The molecule has 0 aliphatic carbocycles. The molecule has 1 fully saturated rings. The molecule has 74 valence electrons. The van der Waals surface area contributed by atoms with Gasteiger partial charge in [-0.25, -0.2) is 0 Å². The van der Waals surface area contributed by atoms with Gasteiger partial charge in [0.25, 0.3) is 0 Å². The molecule has 0 aromatic carbocycles. The highest BCUT2D eigenvalue weighted by Gasteiger charge is 2.45. The molecule has 1 spiro atoms. The van der Waals surface area contributed by atoms with E-state index in [-0.39, 0.29) is 5.41 Å². The van der Waals surface area contributed by atoms with Crippen LogP contribution in [0.15, 0.2) is 18.3 Å². The number of rotatable bonds is 0. The molecule has 3 nitrogen and oxygen atoms in total. The molecule has 3 rings (SSSR count). The normalized spacial score (nSPS) is 24.1. The van der Waals surface area contributed by atoms with Crippen molar-refractivity contribution in [1.82, 2.24) is 9.88 Å². The smallest absolute Gasteiger partial charge is 0.187 e. The third-order valence-electron chi connectivity index (χ3n) is 3.58. The zero-order valence-corrected chi connectivity index (χ0v) is 8.12. The van der Waals surface area contributed by atoms with Gasteiger partial charge in [-0.1, -0.05) is 0 Å². The average Bonchev–Trinajstić information content (AvgIpc) is 2.73. The first-order chi connectivity index (χ1) is 6.82. The Kier molecular flexibility index (Phi) is 1.59. The quantitative estimate of drug-likeness (QED) is 0.663. The van der Waals surface area contributed by atoms with Crippen molar-refractivity contribution in [2.75, 3.05) is 13.1 Å². The molecule has 0 bridgehead atoms. The summed E-state index contributed by atoms with van der Waals surface area (Å²) in [6.07, 6.45) is 4.01. The van der Waals surface area contributed by atoms with Gasteiger partial charge < -0.3 is 9.88 Å². The van der Waals surface area contributed by atoms with E-state index in [2.05, 4.69) is 9.88 Å². The van der Waals surface area contributed by atoms with Crippen LogP contribution in [0, 0.1) is 5.41 Å². The van der Waals surface area contributed by atoms with E-state index in [0.717, 1.165) is 38.2 Å². The summed E-state index contributed by atoms with van der Waals surface area (Å²) in [5.41, 5.74) is 0.842. The summed E-state index contributed by atoms with van der Waals surface area (Å²) < 4.78 is 2.10. The number of Topliss-reactive ketones (excluding diaryl/α,β-unsaturated/α-hetero) is 1. The molecule has 0 radical (unpaired) electrons. The second-order valence-corrected chi connectivity index (χ2v) is 4.38. The van der Waals surface area contributed by atoms with E-state index in [9.17, 15) is 4.79 Å². The minimum atomic E-state index is -0.0676. The number of ketones is 1. The number of carbonyl (C=O) groups is 1. The van der Waals surface area contributed by atoms with E-state index < -0.39 is 0 Å². The van der Waals surface area contributed by atoms with Gasteiger partial charge in [0.1, 0.15) is 0 Å². The van der Waals surface area contributed by atoms with E-state index >= 15 is 0 Å². The van der Waals surface area contributed by atoms with Crippen molar-refractivity contribution >= 4 is 5.78 Å². The molecule has 1 saturated heterocycles. The van der Waals surface area contributed by atoms with Gasteiger partial charge in [-0.15, -0.1) is 0 Å². The highest BCUT2D eigenvalue weighted by molar-refractivity contribution is 6.01. The summed E-state index contributed by atoms with van der Waals surface area (Å²) >= 11 is 0. The number of hydrogen-bond donors (Lipinski definition) is 1. The number of fused-ring (bicyclic) bond motifs is 1. The van der Waals surface area contributed by atoms with Crippen LogP contribution in [-0.4, -0.2) is 23.4 Å². The van der Waals surface area contributed by atoms with Crippen LogP contribution in [0.2, 0.25) is 0 Å². The van der Waals surface area contributed by atoms with Gasteiger partial charge in [0.05, 0.1) is 11.1 Å². The molecular weight excluding hydrogens is 176 g/mol. The van der Waals surface area contributed by atoms with Crippen LogP contribution in [0.5, 0.6) is 0 Å². The van der Waals surface area contributed by atoms with E-state index in [1.54, 1.807) is 0 Å². The Hall–Kier alpha value is -1.09. The first kappa shape index (κ1) is 8.24. The Morgan fingerprint density at radius 2 is 2.14 bits per heavy atom. The van der Waals surface area contributed by atoms with Crippen molar-refractivity contribution < 1.29 is 4.79 Å². The number of carbonyl (C=O) groups excluding carboxylic acids is 1. The minimum absolute atomic E-state index is 0.0676. The zero-order chi connectivity index (χ0) is 9.60. The van der Waals surface area contributed by atoms with Crippen LogP contribution >= 0.6 is 0 Å².